The average molecular weight is 179 g/mol. The van der Waals surface area contributed by atoms with Crippen molar-refractivity contribution in [3.63, 3.8) is 0 Å². The number of allylic oxidation sites excluding steroid dienone is 1. The summed E-state index contributed by atoms with van der Waals surface area (Å²) in [6.07, 6.45) is 3.57. The van der Waals surface area contributed by atoms with E-state index in [4.69, 9.17) is 11.1 Å². The van der Waals surface area contributed by atoms with E-state index >= 15 is 0 Å². The molecule has 0 atom stereocenters. The summed E-state index contributed by atoms with van der Waals surface area (Å²) in [5.74, 6) is -0.0248. The van der Waals surface area contributed by atoms with Gasteiger partial charge < -0.3 is 21.8 Å². The van der Waals surface area contributed by atoms with Gasteiger partial charge in [-0.05, 0) is 6.08 Å². The zero-order valence-corrected chi connectivity index (χ0v) is 7.28. The van der Waals surface area contributed by atoms with Crippen LogP contribution >= 0.6 is 0 Å². The van der Waals surface area contributed by atoms with Crippen LogP contribution in [0.2, 0.25) is 0 Å². The lowest BCUT2D eigenvalue weighted by molar-refractivity contribution is 1.10. The lowest BCUT2D eigenvalue weighted by atomic mass is 10.4. The number of nitrogens with zero attached hydrogens (tertiary/aromatic N) is 3. The van der Waals surface area contributed by atoms with Gasteiger partial charge in [-0.25, -0.2) is 0 Å². The van der Waals surface area contributed by atoms with Gasteiger partial charge in [0.15, 0.2) is 0 Å². The summed E-state index contributed by atoms with van der Waals surface area (Å²) in [5.41, 5.74) is 5.86. The largest absolute Gasteiger partial charge is 0.454 e. The number of nitrogens with one attached hydrogen (secondary N) is 2. The Kier molecular flexibility index (Phi) is 3.02. The third-order valence-electron chi connectivity index (χ3n) is 1.38. The van der Waals surface area contributed by atoms with Gasteiger partial charge in [-0.15, -0.1) is 0 Å². The number of hydrogen-bond acceptors (Lipinski definition) is 2. The van der Waals surface area contributed by atoms with Crippen molar-refractivity contribution in [2.75, 3.05) is 13.6 Å². The molecular weight excluding hydrogens is 168 g/mol. The molecule has 0 radical (unpaired) electrons. The van der Waals surface area contributed by atoms with Crippen LogP contribution in [0.3, 0.4) is 0 Å². The average Bonchev–Trinajstić information content (AvgIpc) is 2.55. The van der Waals surface area contributed by atoms with Crippen LogP contribution in [0.25, 0.3) is 5.41 Å². The van der Waals surface area contributed by atoms with E-state index in [1.165, 1.54) is 0 Å². The van der Waals surface area contributed by atoms with Crippen molar-refractivity contribution in [2.45, 2.75) is 0 Å². The molecule has 1 rings (SSSR count). The molecule has 1 aliphatic rings. The summed E-state index contributed by atoms with van der Waals surface area (Å²) in [4.78, 5) is 7.79. The van der Waals surface area contributed by atoms with Crippen LogP contribution in [-0.2, 0) is 0 Å². The first-order valence-electron chi connectivity index (χ1n) is 3.74. The van der Waals surface area contributed by atoms with Crippen LogP contribution in [0.4, 0.5) is 0 Å². The van der Waals surface area contributed by atoms with Crippen molar-refractivity contribution in [1.82, 2.24) is 10.6 Å². The smallest absolute Gasteiger partial charge is 0.140 e. The first-order valence-corrected chi connectivity index (χ1v) is 3.74. The standard InChI is InChI=1S/C7H11N6/c1-10-7(13-6(8)9)12-5-2-3-11-4-5/h2,4H,3H2,1H3,(H4-,8,9,10,12,13)/q-1. The van der Waals surface area contributed by atoms with Crippen molar-refractivity contribution >= 4 is 18.1 Å². The minimum atomic E-state index is -0.399. The molecule has 0 aromatic rings. The predicted octanol–water partition coefficient (Wildman–Crippen LogP) is -0.996. The normalized spacial score (nSPS) is 15.5. The first kappa shape index (κ1) is 9.24. The molecule has 0 spiro atoms. The van der Waals surface area contributed by atoms with Gasteiger partial charge in [-0.1, -0.05) is 0 Å². The highest BCUT2D eigenvalue weighted by Crippen LogP contribution is 1.93. The van der Waals surface area contributed by atoms with Gasteiger partial charge in [-0.2, -0.15) is 0 Å². The summed E-state index contributed by atoms with van der Waals surface area (Å²) >= 11 is 0. The molecule has 70 valence electrons. The van der Waals surface area contributed by atoms with Crippen LogP contribution in [0.5, 0.6) is 0 Å². The minimum absolute atomic E-state index is 0.375. The van der Waals surface area contributed by atoms with Gasteiger partial charge in [-0.3, -0.25) is 9.98 Å². The fourth-order valence-corrected chi connectivity index (χ4v) is 0.839. The van der Waals surface area contributed by atoms with Gasteiger partial charge >= 0.3 is 0 Å². The molecule has 0 unspecified atom stereocenters. The van der Waals surface area contributed by atoms with Crippen LogP contribution < -0.4 is 16.4 Å². The number of guanidine groups is 2. The van der Waals surface area contributed by atoms with E-state index in [2.05, 4.69) is 20.6 Å². The molecule has 6 nitrogen and oxygen atoms in total. The highest BCUT2D eigenvalue weighted by molar-refractivity contribution is 6.01. The monoisotopic (exact) mass is 179 g/mol. The molecule has 1 heterocycles. The Balaban J connectivity index is 2.50. The summed E-state index contributed by atoms with van der Waals surface area (Å²) < 4.78 is 0. The van der Waals surface area contributed by atoms with Gasteiger partial charge in [0.2, 0.25) is 0 Å². The maximum Gasteiger partial charge on any atom is 0.140 e. The molecule has 0 bridgehead atoms. The van der Waals surface area contributed by atoms with Crippen LogP contribution in [0.15, 0.2) is 21.8 Å². The molecule has 0 saturated carbocycles. The van der Waals surface area contributed by atoms with E-state index in [0.29, 0.717) is 12.5 Å². The fourth-order valence-electron chi connectivity index (χ4n) is 0.839. The second-order valence-corrected chi connectivity index (χ2v) is 2.36. The maximum atomic E-state index is 8.74. The quantitative estimate of drug-likeness (QED) is 0.356. The van der Waals surface area contributed by atoms with E-state index in [-0.39, 0.29) is 0 Å². The maximum absolute atomic E-state index is 8.74. The summed E-state index contributed by atoms with van der Waals surface area (Å²) in [5, 5.41) is 14.1. The second kappa shape index (κ2) is 4.24. The third-order valence-corrected chi connectivity index (χ3v) is 1.38. The SMILES string of the molecule is CN=C(NC(=[N-])N)NC1=CCN=C1. The van der Waals surface area contributed by atoms with Crippen molar-refractivity contribution < 1.29 is 0 Å². The summed E-state index contributed by atoms with van der Waals surface area (Å²) in [6.45, 7) is 0.664. The molecule has 6 heteroatoms. The zero-order valence-electron chi connectivity index (χ0n) is 7.28. The highest BCUT2D eigenvalue weighted by atomic mass is 15.2. The van der Waals surface area contributed by atoms with Gasteiger partial charge in [0.05, 0.1) is 12.2 Å². The number of hydrogen-bond donors (Lipinski definition) is 3. The Morgan fingerprint density at radius 1 is 1.77 bits per heavy atom. The lowest BCUT2D eigenvalue weighted by Gasteiger charge is -2.14. The van der Waals surface area contributed by atoms with E-state index in [9.17, 15) is 0 Å². The van der Waals surface area contributed by atoms with Crippen LogP contribution in [0.1, 0.15) is 0 Å². The molecular formula is C7H11N6-. The fraction of sp³-hybridized carbons (Fsp3) is 0.286. The van der Waals surface area contributed by atoms with Crippen molar-refractivity contribution in [3.05, 3.63) is 17.2 Å². The number of rotatable bonds is 1. The molecule has 0 aromatic heterocycles. The molecule has 0 fully saturated rings. The number of aliphatic imine (C=N–C) groups is 2. The Morgan fingerprint density at radius 2 is 2.54 bits per heavy atom. The summed E-state index contributed by atoms with van der Waals surface area (Å²) in [6, 6.07) is 0. The molecule has 4 N–H and O–H groups in total. The highest BCUT2D eigenvalue weighted by Gasteiger charge is 1.99. The second-order valence-electron chi connectivity index (χ2n) is 2.36. The zero-order chi connectivity index (χ0) is 9.68. The minimum Gasteiger partial charge on any atom is -0.454 e. The molecule has 0 aromatic carbocycles. The predicted molar refractivity (Wildman–Crippen MR) is 53.6 cm³/mol. The lowest BCUT2D eigenvalue weighted by Crippen LogP contribution is -2.43. The van der Waals surface area contributed by atoms with Crippen molar-refractivity contribution in [2.24, 2.45) is 15.7 Å². The van der Waals surface area contributed by atoms with Crippen LogP contribution in [0, 0.1) is 0 Å². The van der Waals surface area contributed by atoms with Gasteiger partial charge in [0.1, 0.15) is 5.96 Å². The van der Waals surface area contributed by atoms with E-state index in [0.717, 1.165) is 5.70 Å². The van der Waals surface area contributed by atoms with E-state index < -0.39 is 5.96 Å². The van der Waals surface area contributed by atoms with Gasteiger partial charge in [0, 0.05) is 19.2 Å². The van der Waals surface area contributed by atoms with Crippen molar-refractivity contribution in [1.29, 1.82) is 0 Å². The molecule has 13 heavy (non-hydrogen) atoms. The third kappa shape index (κ3) is 2.94. The summed E-state index contributed by atoms with van der Waals surface area (Å²) in [7, 11) is 1.57. The molecule has 0 aliphatic carbocycles. The molecule has 0 saturated heterocycles. The van der Waals surface area contributed by atoms with E-state index in [1.807, 2.05) is 6.08 Å². The number of nitrogens with two attached hydrogens (primary N) is 1. The Hall–Kier alpha value is -1.85. The Morgan fingerprint density at radius 3 is 3.00 bits per heavy atom. The van der Waals surface area contributed by atoms with Crippen molar-refractivity contribution in [3.8, 4) is 0 Å². The topological polar surface area (TPSA) is 97.1 Å². The van der Waals surface area contributed by atoms with E-state index in [1.54, 1.807) is 13.3 Å². The molecule has 1 aliphatic heterocycles. The van der Waals surface area contributed by atoms with Crippen LogP contribution in [-0.4, -0.2) is 31.7 Å². The first-order chi connectivity index (χ1) is 6.22. The Bertz CT molecular complexity index is 287. The van der Waals surface area contributed by atoms with Gasteiger partial charge in [0.25, 0.3) is 0 Å². The molecule has 0 amide bonds. The Labute approximate surface area is 76.1 Å².